The second-order valence-corrected chi connectivity index (χ2v) is 10.1. The molecule has 1 aliphatic rings. The number of ether oxygens (including phenoxy) is 5. The van der Waals surface area contributed by atoms with Gasteiger partial charge >= 0.3 is 11.9 Å². The number of cyclic esters (lactones) is 1. The molecular weight excluding hydrogens is 508 g/mol. The van der Waals surface area contributed by atoms with Gasteiger partial charge in [-0.3, -0.25) is 0 Å². The SMILES string of the molecule is Cc1cc(OCc2ccccc2)cc(OCc2ccccc2)c1C(=O)Oc1cc(C)c2c(c1)OC(C)(C)OC2=O. The number of hydrogen-bond acceptors (Lipinski definition) is 7. The van der Waals surface area contributed by atoms with Crippen LogP contribution in [0.2, 0.25) is 0 Å². The van der Waals surface area contributed by atoms with E-state index in [0.29, 0.717) is 40.5 Å². The Labute approximate surface area is 233 Å². The number of benzene rings is 4. The summed E-state index contributed by atoms with van der Waals surface area (Å²) in [6.07, 6.45) is 0. The van der Waals surface area contributed by atoms with Crippen LogP contribution in [0.5, 0.6) is 23.0 Å². The van der Waals surface area contributed by atoms with E-state index in [0.717, 1.165) is 11.1 Å². The Morgan fingerprint density at radius 2 is 1.35 bits per heavy atom. The van der Waals surface area contributed by atoms with Crippen LogP contribution in [0.1, 0.15) is 56.8 Å². The van der Waals surface area contributed by atoms with E-state index in [1.54, 1.807) is 45.9 Å². The zero-order valence-electron chi connectivity index (χ0n) is 22.9. The van der Waals surface area contributed by atoms with Gasteiger partial charge in [0.25, 0.3) is 0 Å². The number of hydrogen-bond donors (Lipinski definition) is 0. The third kappa shape index (κ3) is 6.10. The Hall–Kier alpha value is -4.78. The van der Waals surface area contributed by atoms with Gasteiger partial charge in [0.1, 0.15) is 47.3 Å². The van der Waals surface area contributed by atoms with Crippen molar-refractivity contribution in [2.75, 3.05) is 0 Å². The summed E-state index contributed by atoms with van der Waals surface area (Å²) in [7, 11) is 0. The Morgan fingerprint density at radius 3 is 2.00 bits per heavy atom. The number of rotatable bonds is 8. The number of aryl methyl sites for hydroxylation is 2. The van der Waals surface area contributed by atoms with Crippen LogP contribution in [-0.4, -0.2) is 17.7 Å². The lowest BCUT2D eigenvalue weighted by atomic mass is 10.0. The number of carbonyl (C=O) groups is 2. The van der Waals surface area contributed by atoms with Gasteiger partial charge in [-0.2, -0.15) is 0 Å². The van der Waals surface area contributed by atoms with Crippen molar-refractivity contribution in [2.45, 2.75) is 46.7 Å². The van der Waals surface area contributed by atoms with Crippen LogP contribution in [0, 0.1) is 13.8 Å². The monoisotopic (exact) mass is 538 g/mol. The first-order valence-electron chi connectivity index (χ1n) is 13.0. The number of esters is 2. The van der Waals surface area contributed by atoms with E-state index >= 15 is 0 Å². The van der Waals surface area contributed by atoms with Crippen LogP contribution in [0.15, 0.2) is 84.9 Å². The van der Waals surface area contributed by atoms with Gasteiger partial charge < -0.3 is 23.7 Å². The van der Waals surface area contributed by atoms with Crippen molar-refractivity contribution in [1.29, 1.82) is 0 Å². The maximum absolute atomic E-state index is 13.6. The first kappa shape index (κ1) is 26.8. The largest absolute Gasteiger partial charge is 0.489 e. The predicted octanol–water partition coefficient (Wildman–Crippen LogP) is 6.97. The smallest absolute Gasteiger partial charge is 0.347 e. The summed E-state index contributed by atoms with van der Waals surface area (Å²) in [5.74, 6) is -0.779. The molecule has 0 bridgehead atoms. The zero-order valence-corrected chi connectivity index (χ0v) is 22.9. The molecule has 0 atom stereocenters. The van der Waals surface area contributed by atoms with Crippen LogP contribution >= 0.6 is 0 Å². The lowest BCUT2D eigenvalue weighted by Gasteiger charge is -2.32. The lowest BCUT2D eigenvalue weighted by molar-refractivity contribution is -0.127. The highest BCUT2D eigenvalue weighted by atomic mass is 16.7. The first-order chi connectivity index (χ1) is 19.2. The van der Waals surface area contributed by atoms with Crippen molar-refractivity contribution < 1.29 is 33.3 Å². The maximum Gasteiger partial charge on any atom is 0.347 e. The molecule has 0 aliphatic carbocycles. The zero-order chi connectivity index (χ0) is 28.3. The van der Waals surface area contributed by atoms with Gasteiger partial charge in [0.15, 0.2) is 0 Å². The van der Waals surface area contributed by atoms with Crippen LogP contribution in [0.4, 0.5) is 0 Å². The minimum absolute atomic E-state index is 0.240. The molecule has 5 rings (SSSR count). The highest BCUT2D eigenvalue weighted by Crippen LogP contribution is 2.37. The minimum Gasteiger partial charge on any atom is -0.489 e. The van der Waals surface area contributed by atoms with E-state index in [4.69, 9.17) is 23.7 Å². The summed E-state index contributed by atoms with van der Waals surface area (Å²) in [6.45, 7) is 7.45. The summed E-state index contributed by atoms with van der Waals surface area (Å²) in [6, 6.07) is 26.1. The Morgan fingerprint density at radius 1 is 0.750 bits per heavy atom. The normalized spacial score (nSPS) is 13.4. The number of carbonyl (C=O) groups excluding carboxylic acids is 2. The molecule has 0 amide bonds. The molecule has 7 nitrogen and oxygen atoms in total. The fourth-order valence-corrected chi connectivity index (χ4v) is 4.50. The van der Waals surface area contributed by atoms with E-state index < -0.39 is 17.7 Å². The third-order valence-electron chi connectivity index (χ3n) is 6.34. The second-order valence-electron chi connectivity index (χ2n) is 10.1. The van der Waals surface area contributed by atoms with E-state index in [2.05, 4.69) is 0 Å². The molecule has 0 fully saturated rings. The Bertz CT molecular complexity index is 1540. The van der Waals surface area contributed by atoms with E-state index in [-0.39, 0.29) is 17.9 Å². The summed E-state index contributed by atoms with van der Waals surface area (Å²) in [5.41, 5.74) is 3.76. The van der Waals surface area contributed by atoms with Gasteiger partial charge in [-0.05, 0) is 48.2 Å². The Kier molecular flexibility index (Phi) is 7.47. The molecule has 0 radical (unpaired) electrons. The van der Waals surface area contributed by atoms with Gasteiger partial charge in [-0.1, -0.05) is 60.7 Å². The van der Waals surface area contributed by atoms with Crippen LogP contribution < -0.4 is 18.9 Å². The Balaban J connectivity index is 1.43. The minimum atomic E-state index is -1.14. The molecule has 4 aromatic rings. The van der Waals surface area contributed by atoms with Crippen molar-refractivity contribution in [2.24, 2.45) is 0 Å². The van der Waals surface area contributed by atoms with Crippen LogP contribution in [-0.2, 0) is 18.0 Å². The fourth-order valence-electron chi connectivity index (χ4n) is 4.50. The molecule has 0 unspecified atom stereocenters. The fraction of sp³-hybridized carbons (Fsp3) is 0.212. The quantitative estimate of drug-likeness (QED) is 0.177. The molecule has 0 aromatic heterocycles. The van der Waals surface area contributed by atoms with E-state index in [1.165, 1.54) is 6.07 Å². The third-order valence-corrected chi connectivity index (χ3v) is 6.34. The molecule has 1 heterocycles. The van der Waals surface area contributed by atoms with Crippen LogP contribution in [0.3, 0.4) is 0 Å². The van der Waals surface area contributed by atoms with Crippen molar-refractivity contribution in [1.82, 2.24) is 0 Å². The summed E-state index contributed by atoms with van der Waals surface area (Å²) >= 11 is 0. The molecule has 40 heavy (non-hydrogen) atoms. The molecule has 0 saturated carbocycles. The van der Waals surface area contributed by atoms with E-state index in [9.17, 15) is 9.59 Å². The van der Waals surface area contributed by atoms with Crippen molar-refractivity contribution in [3.63, 3.8) is 0 Å². The van der Waals surface area contributed by atoms with Gasteiger partial charge in [-0.25, -0.2) is 9.59 Å². The highest BCUT2D eigenvalue weighted by Gasteiger charge is 2.35. The van der Waals surface area contributed by atoms with Gasteiger partial charge in [0, 0.05) is 26.0 Å². The molecule has 204 valence electrons. The first-order valence-corrected chi connectivity index (χ1v) is 13.0. The molecule has 4 aromatic carbocycles. The average molecular weight is 539 g/mol. The molecule has 7 heteroatoms. The molecule has 0 N–H and O–H groups in total. The standard InChI is InChI=1S/C33H30O7/c1-21-15-25(36-19-23-11-7-5-8-12-23)17-27(37-20-24-13-9-6-10-14-24)29(21)31(34)38-26-16-22(2)30-28(18-26)39-33(3,4)40-32(30)35/h5-18H,19-20H2,1-4H3. The van der Waals surface area contributed by atoms with Crippen molar-refractivity contribution in [3.05, 3.63) is 118 Å². The predicted molar refractivity (Wildman–Crippen MR) is 149 cm³/mol. The van der Waals surface area contributed by atoms with Crippen molar-refractivity contribution in [3.8, 4) is 23.0 Å². The summed E-state index contributed by atoms with van der Waals surface area (Å²) < 4.78 is 29.1. The van der Waals surface area contributed by atoms with E-state index in [1.807, 2.05) is 60.7 Å². The molecule has 0 saturated heterocycles. The molecule has 0 spiro atoms. The lowest BCUT2D eigenvalue weighted by Crippen LogP contribution is -2.39. The second kappa shape index (κ2) is 11.1. The topological polar surface area (TPSA) is 80.3 Å². The summed E-state index contributed by atoms with van der Waals surface area (Å²) in [4.78, 5) is 26.0. The van der Waals surface area contributed by atoms with Crippen molar-refractivity contribution >= 4 is 11.9 Å². The average Bonchev–Trinajstić information content (AvgIpc) is 2.90. The van der Waals surface area contributed by atoms with Gasteiger partial charge in [-0.15, -0.1) is 0 Å². The van der Waals surface area contributed by atoms with Gasteiger partial charge in [0.05, 0.1) is 0 Å². The highest BCUT2D eigenvalue weighted by molar-refractivity contribution is 5.97. The van der Waals surface area contributed by atoms with Crippen LogP contribution in [0.25, 0.3) is 0 Å². The molecule has 1 aliphatic heterocycles. The van der Waals surface area contributed by atoms with Gasteiger partial charge in [0.2, 0.25) is 5.79 Å². The molecular formula is C33H30O7. The summed E-state index contributed by atoms with van der Waals surface area (Å²) in [5, 5.41) is 0. The maximum atomic E-state index is 13.6. The number of fused-ring (bicyclic) bond motifs is 1.